The van der Waals surface area contributed by atoms with Gasteiger partial charge < -0.3 is 10.1 Å². The lowest BCUT2D eigenvalue weighted by Crippen LogP contribution is -2.28. The van der Waals surface area contributed by atoms with Gasteiger partial charge in [-0.3, -0.25) is 14.6 Å². The van der Waals surface area contributed by atoms with Crippen LogP contribution in [0.2, 0.25) is 0 Å². The van der Waals surface area contributed by atoms with Crippen molar-refractivity contribution in [3.63, 3.8) is 0 Å². The molecule has 0 aliphatic heterocycles. The Morgan fingerprint density at radius 1 is 1.00 bits per heavy atom. The molecule has 0 radical (unpaired) electrons. The monoisotopic (exact) mass is 362 g/mol. The third-order valence-corrected chi connectivity index (χ3v) is 4.22. The molecule has 1 heterocycles. The molecule has 1 amide bonds. The molecule has 0 atom stereocenters. The highest BCUT2D eigenvalue weighted by atomic mass is 16.5. The van der Waals surface area contributed by atoms with Gasteiger partial charge in [-0.1, -0.05) is 54.1 Å². The normalized spacial score (nSPS) is 10.6. The van der Waals surface area contributed by atoms with Crippen molar-refractivity contribution in [3.05, 3.63) is 77.5 Å². The Morgan fingerprint density at radius 2 is 1.78 bits per heavy atom. The summed E-state index contributed by atoms with van der Waals surface area (Å²) in [6.07, 6.45) is 0.672. The molecule has 0 bridgehead atoms. The summed E-state index contributed by atoms with van der Waals surface area (Å²) < 4.78 is 5.04. The minimum Gasteiger partial charge on any atom is -0.456 e. The smallest absolute Gasteiger partial charge is 0.306 e. The summed E-state index contributed by atoms with van der Waals surface area (Å²) in [5, 5.41) is 3.80. The first-order chi connectivity index (χ1) is 13.1. The average Bonchev–Trinajstić information content (AvgIpc) is 2.70. The molecule has 0 fully saturated rings. The number of para-hydroxylation sites is 1. The van der Waals surface area contributed by atoms with Gasteiger partial charge in [-0.25, -0.2) is 0 Å². The van der Waals surface area contributed by atoms with Gasteiger partial charge in [0.2, 0.25) is 0 Å². The number of hydrogen-bond donors (Lipinski definition) is 1. The second-order valence-electron chi connectivity index (χ2n) is 6.42. The zero-order chi connectivity index (χ0) is 19.1. The molecular weight excluding hydrogens is 340 g/mol. The number of benzene rings is 2. The molecular formula is C22H22N2O3. The first-order valence-corrected chi connectivity index (χ1v) is 8.93. The van der Waals surface area contributed by atoms with Gasteiger partial charge in [-0.15, -0.1) is 0 Å². The van der Waals surface area contributed by atoms with Gasteiger partial charge in [0.1, 0.15) is 0 Å². The number of esters is 1. The van der Waals surface area contributed by atoms with Crippen LogP contribution in [-0.2, 0) is 27.3 Å². The van der Waals surface area contributed by atoms with Crippen LogP contribution >= 0.6 is 0 Å². The van der Waals surface area contributed by atoms with Crippen molar-refractivity contribution in [2.45, 2.75) is 26.3 Å². The molecule has 27 heavy (non-hydrogen) atoms. The Hall–Kier alpha value is -3.21. The lowest BCUT2D eigenvalue weighted by Gasteiger charge is -2.07. The molecule has 0 saturated carbocycles. The van der Waals surface area contributed by atoms with Gasteiger partial charge in [0.05, 0.1) is 11.9 Å². The van der Waals surface area contributed by atoms with Crippen LogP contribution in [-0.4, -0.2) is 23.5 Å². The number of ether oxygens (including phenoxy) is 1. The van der Waals surface area contributed by atoms with E-state index >= 15 is 0 Å². The van der Waals surface area contributed by atoms with E-state index in [0.29, 0.717) is 13.0 Å². The number of aromatic nitrogens is 1. The number of amides is 1. The molecule has 5 heteroatoms. The number of carbonyl (C=O) groups is 2. The molecule has 5 nitrogen and oxygen atoms in total. The van der Waals surface area contributed by atoms with Crippen LogP contribution in [0.3, 0.4) is 0 Å². The number of pyridine rings is 1. The fourth-order valence-corrected chi connectivity index (χ4v) is 2.65. The van der Waals surface area contributed by atoms with Crippen molar-refractivity contribution in [2.75, 3.05) is 6.61 Å². The van der Waals surface area contributed by atoms with Crippen molar-refractivity contribution in [3.8, 4) is 0 Å². The Balaban J connectivity index is 1.39. The van der Waals surface area contributed by atoms with Crippen LogP contribution < -0.4 is 5.32 Å². The maximum absolute atomic E-state index is 11.9. The van der Waals surface area contributed by atoms with Gasteiger partial charge in [-0.2, -0.15) is 0 Å². The number of aryl methyl sites for hydroxylation is 2. The van der Waals surface area contributed by atoms with Crippen molar-refractivity contribution in [1.29, 1.82) is 0 Å². The maximum atomic E-state index is 11.9. The molecule has 2 aromatic carbocycles. The van der Waals surface area contributed by atoms with E-state index in [-0.39, 0.29) is 18.9 Å². The molecule has 0 spiro atoms. The SMILES string of the molecule is Cc1ccc(CNC(=O)COC(=O)CCc2ccc3ccccc3n2)cc1. The third-order valence-electron chi connectivity index (χ3n) is 4.22. The van der Waals surface area contributed by atoms with Gasteiger partial charge in [0, 0.05) is 24.0 Å². The third kappa shape index (κ3) is 5.64. The highest BCUT2D eigenvalue weighted by Gasteiger charge is 2.09. The molecule has 1 N–H and O–H groups in total. The molecule has 0 unspecified atom stereocenters. The zero-order valence-corrected chi connectivity index (χ0v) is 15.3. The summed E-state index contributed by atoms with van der Waals surface area (Å²) in [5.41, 5.74) is 3.90. The number of hydrogen-bond acceptors (Lipinski definition) is 4. The highest BCUT2D eigenvalue weighted by Crippen LogP contribution is 2.12. The Bertz CT molecular complexity index is 936. The standard InChI is InChI=1S/C22H22N2O3/c1-16-6-8-17(9-7-16)14-23-21(25)15-27-22(26)13-12-19-11-10-18-4-2-3-5-20(18)24-19/h2-11H,12-15H2,1H3,(H,23,25). The van der Waals surface area contributed by atoms with Gasteiger partial charge in [0.25, 0.3) is 5.91 Å². The Morgan fingerprint density at radius 3 is 2.59 bits per heavy atom. The number of nitrogens with one attached hydrogen (secondary N) is 1. The van der Waals surface area contributed by atoms with Crippen molar-refractivity contribution >= 4 is 22.8 Å². The highest BCUT2D eigenvalue weighted by molar-refractivity contribution is 5.81. The van der Waals surface area contributed by atoms with Crippen LogP contribution in [0.4, 0.5) is 0 Å². The Kier molecular flexibility index (Phi) is 6.15. The Labute approximate surface area is 158 Å². The maximum Gasteiger partial charge on any atom is 0.306 e. The minimum absolute atomic E-state index is 0.191. The van der Waals surface area contributed by atoms with Crippen LogP contribution in [0.15, 0.2) is 60.7 Å². The summed E-state index contributed by atoms with van der Waals surface area (Å²) in [5.74, 6) is -0.719. The van der Waals surface area contributed by atoms with E-state index in [1.54, 1.807) is 0 Å². The fourth-order valence-electron chi connectivity index (χ4n) is 2.65. The zero-order valence-electron chi connectivity index (χ0n) is 15.3. The van der Waals surface area contributed by atoms with Gasteiger partial charge >= 0.3 is 5.97 Å². The minimum atomic E-state index is -0.407. The lowest BCUT2D eigenvalue weighted by atomic mass is 10.1. The predicted octanol–water partition coefficient (Wildman–Crippen LogP) is 3.34. The quantitative estimate of drug-likeness (QED) is 0.655. The first kappa shape index (κ1) is 18.6. The predicted molar refractivity (Wildman–Crippen MR) is 104 cm³/mol. The second-order valence-corrected chi connectivity index (χ2v) is 6.42. The van der Waals surface area contributed by atoms with E-state index in [0.717, 1.165) is 22.2 Å². The van der Waals surface area contributed by atoms with Crippen LogP contribution in [0.1, 0.15) is 23.2 Å². The second kappa shape index (κ2) is 8.94. The molecule has 0 aliphatic rings. The molecule has 138 valence electrons. The van der Waals surface area contributed by atoms with Crippen molar-refractivity contribution in [2.24, 2.45) is 0 Å². The lowest BCUT2D eigenvalue weighted by molar-refractivity contribution is -0.148. The summed E-state index contributed by atoms with van der Waals surface area (Å²) >= 11 is 0. The van der Waals surface area contributed by atoms with Crippen molar-refractivity contribution < 1.29 is 14.3 Å². The topological polar surface area (TPSA) is 68.3 Å². The van der Waals surface area contributed by atoms with Crippen LogP contribution in [0.5, 0.6) is 0 Å². The number of carbonyl (C=O) groups excluding carboxylic acids is 2. The number of nitrogens with zero attached hydrogens (tertiary/aromatic N) is 1. The van der Waals surface area contributed by atoms with E-state index in [1.807, 2.05) is 67.6 Å². The van der Waals surface area contributed by atoms with Crippen LogP contribution in [0.25, 0.3) is 10.9 Å². The molecule has 1 aromatic heterocycles. The molecule has 0 aliphatic carbocycles. The fraction of sp³-hybridized carbons (Fsp3) is 0.227. The van der Waals surface area contributed by atoms with Gasteiger partial charge in [-0.05, 0) is 24.6 Å². The number of fused-ring (bicyclic) bond motifs is 1. The van der Waals surface area contributed by atoms with E-state index in [2.05, 4.69) is 10.3 Å². The average molecular weight is 362 g/mol. The van der Waals surface area contributed by atoms with E-state index in [1.165, 1.54) is 5.56 Å². The summed E-state index contributed by atoms with van der Waals surface area (Å²) in [6, 6.07) is 19.6. The van der Waals surface area contributed by atoms with E-state index in [9.17, 15) is 9.59 Å². The molecule has 3 aromatic rings. The van der Waals surface area contributed by atoms with E-state index < -0.39 is 5.97 Å². The van der Waals surface area contributed by atoms with E-state index in [4.69, 9.17) is 4.74 Å². The number of rotatable bonds is 7. The summed E-state index contributed by atoms with van der Waals surface area (Å²) in [6.45, 7) is 2.16. The molecule has 0 saturated heterocycles. The van der Waals surface area contributed by atoms with Crippen LogP contribution in [0, 0.1) is 6.92 Å². The van der Waals surface area contributed by atoms with Crippen molar-refractivity contribution in [1.82, 2.24) is 10.3 Å². The summed E-state index contributed by atoms with van der Waals surface area (Å²) in [7, 11) is 0. The largest absolute Gasteiger partial charge is 0.456 e. The first-order valence-electron chi connectivity index (χ1n) is 8.93. The van der Waals surface area contributed by atoms with Gasteiger partial charge in [0.15, 0.2) is 6.61 Å². The summed E-state index contributed by atoms with van der Waals surface area (Å²) in [4.78, 5) is 28.2. The molecule has 3 rings (SSSR count).